The number of benzene rings is 3. The normalized spacial score (nSPS) is 12.8. The summed E-state index contributed by atoms with van der Waals surface area (Å²) in [6, 6.07) is 23.6. The van der Waals surface area contributed by atoms with Gasteiger partial charge in [-0.3, -0.25) is 4.79 Å². The number of carbonyl (C=O) groups is 2. The molecule has 6 nitrogen and oxygen atoms in total. The average molecular weight is 470 g/mol. The zero-order valence-electron chi connectivity index (χ0n) is 19.7. The van der Waals surface area contributed by atoms with Crippen LogP contribution in [0.25, 0.3) is 10.8 Å². The fourth-order valence-electron chi connectivity index (χ4n) is 4.53. The summed E-state index contributed by atoms with van der Waals surface area (Å²) in [6.07, 6.45) is 7.32. The van der Waals surface area contributed by atoms with Crippen molar-refractivity contribution in [3.8, 4) is 0 Å². The zero-order chi connectivity index (χ0) is 24.5. The second-order valence-corrected chi connectivity index (χ2v) is 8.95. The number of rotatable bonds is 12. The second-order valence-electron chi connectivity index (χ2n) is 8.95. The molecule has 0 aliphatic rings. The number of H-pyrrole nitrogens is 1. The van der Waals surface area contributed by atoms with Crippen molar-refractivity contribution in [2.75, 3.05) is 0 Å². The summed E-state index contributed by atoms with van der Waals surface area (Å²) in [7, 11) is 0. The van der Waals surface area contributed by atoms with E-state index in [4.69, 9.17) is 0 Å². The lowest BCUT2D eigenvalue weighted by atomic mass is 9.89. The molecule has 0 aliphatic carbocycles. The van der Waals surface area contributed by atoms with Gasteiger partial charge in [0.1, 0.15) is 6.04 Å². The van der Waals surface area contributed by atoms with Crippen LogP contribution >= 0.6 is 0 Å². The molecule has 3 aromatic carbocycles. The molecule has 1 aromatic heterocycles. The van der Waals surface area contributed by atoms with Crippen LogP contribution in [0.4, 0.5) is 0 Å². The molecule has 1 unspecified atom stereocenters. The maximum Gasteiger partial charge on any atom is 0.326 e. The lowest BCUT2D eigenvalue weighted by Crippen LogP contribution is -2.45. The predicted octanol–water partition coefficient (Wildman–Crippen LogP) is 4.95. The van der Waals surface area contributed by atoms with Gasteiger partial charge in [0.15, 0.2) is 0 Å². The standard InChI is InChI=1S/C29H31N3O3/c33-28(32-27(29(34)35)18-25-19-30-20-31-25)24(13-5-4-11-21-9-2-1-3-10-21)17-23-15-8-14-22-12-6-7-16-26(22)23/h1-3,6-10,12,14-16,19-20,24,27H,4-5,11,13,17-18H2,(H,30,31)(H,32,33)(H,34,35)/t24?,27-/m0/s1. The van der Waals surface area contributed by atoms with Gasteiger partial charge < -0.3 is 15.4 Å². The van der Waals surface area contributed by atoms with Crippen molar-refractivity contribution in [2.24, 2.45) is 5.92 Å². The molecule has 0 bridgehead atoms. The first kappa shape index (κ1) is 24.2. The largest absolute Gasteiger partial charge is 0.480 e. The van der Waals surface area contributed by atoms with Gasteiger partial charge in [-0.2, -0.15) is 0 Å². The first-order chi connectivity index (χ1) is 17.1. The number of aryl methyl sites for hydroxylation is 1. The van der Waals surface area contributed by atoms with Gasteiger partial charge in [-0.25, -0.2) is 9.78 Å². The van der Waals surface area contributed by atoms with E-state index in [0.717, 1.165) is 35.6 Å². The van der Waals surface area contributed by atoms with E-state index >= 15 is 0 Å². The molecule has 0 aliphatic heterocycles. The highest BCUT2D eigenvalue weighted by atomic mass is 16.4. The van der Waals surface area contributed by atoms with Gasteiger partial charge >= 0.3 is 5.97 Å². The van der Waals surface area contributed by atoms with Gasteiger partial charge in [-0.1, -0.05) is 79.2 Å². The molecule has 180 valence electrons. The summed E-state index contributed by atoms with van der Waals surface area (Å²) in [5, 5.41) is 14.8. The third-order valence-corrected chi connectivity index (χ3v) is 6.42. The molecule has 35 heavy (non-hydrogen) atoms. The van der Waals surface area contributed by atoms with Crippen molar-refractivity contribution in [1.29, 1.82) is 0 Å². The summed E-state index contributed by atoms with van der Waals surface area (Å²) in [6.45, 7) is 0. The van der Waals surface area contributed by atoms with Crippen LogP contribution in [-0.2, 0) is 28.9 Å². The molecule has 2 atom stereocenters. The number of carboxylic acid groups (broad SMARTS) is 1. The zero-order valence-corrected chi connectivity index (χ0v) is 19.7. The Bertz CT molecular complexity index is 1230. The molecular weight excluding hydrogens is 438 g/mol. The van der Waals surface area contributed by atoms with E-state index in [9.17, 15) is 14.7 Å². The fourth-order valence-corrected chi connectivity index (χ4v) is 4.53. The van der Waals surface area contributed by atoms with Gasteiger partial charge in [-0.05, 0) is 47.6 Å². The van der Waals surface area contributed by atoms with Gasteiger partial charge in [0.2, 0.25) is 5.91 Å². The molecule has 4 aromatic rings. The highest BCUT2D eigenvalue weighted by Gasteiger charge is 2.26. The van der Waals surface area contributed by atoms with Crippen LogP contribution in [0.2, 0.25) is 0 Å². The van der Waals surface area contributed by atoms with Crippen LogP contribution in [0.1, 0.15) is 36.1 Å². The number of aromatic amines is 1. The van der Waals surface area contributed by atoms with Gasteiger partial charge in [0.25, 0.3) is 0 Å². The Labute approximate surface area is 205 Å². The number of carboxylic acids is 1. The number of carbonyl (C=O) groups excluding carboxylic acids is 1. The third kappa shape index (κ3) is 6.79. The Morgan fingerprint density at radius 3 is 2.46 bits per heavy atom. The Hall–Kier alpha value is -3.93. The van der Waals surface area contributed by atoms with Gasteiger partial charge in [0, 0.05) is 24.2 Å². The summed E-state index contributed by atoms with van der Waals surface area (Å²) in [4.78, 5) is 32.1. The maximum atomic E-state index is 13.4. The number of nitrogens with one attached hydrogen (secondary N) is 2. The SMILES string of the molecule is O=C(N[C@@H](Cc1cnc[nH]1)C(=O)O)C(CCCCc1ccccc1)Cc1cccc2ccccc12. The molecule has 0 saturated heterocycles. The van der Waals surface area contributed by atoms with E-state index in [1.807, 2.05) is 36.4 Å². The molecule has 0 spiro atoms. The van der Waals surface area contributed by atoms with Crippen molar-refractivity contribution in [3.05, 3.63) is 102 Å². The Balaban J connectivity index is 1.47. The molecule has 6 heteroatoms. The van der Waals surface area contributed by atoms with E-state index in [0.29, 0.717) is 18.5 Å². The Morgan fingerprint density at radius 1 is 0.914 bits per heavy atom. The monoisotopic (exact) mass is 469 g/mol. The van der Waals surface area contributed by atoms with E-state index in [1.165, 1.54) is 11.9 Å². The number of imidazole rings is 1. The van der Waals surface area contributed by atoms with E-state index < -0.39 is 12.0 Å². The molecule has 1 heterocycles. The van der Waals surface area contributed by atoms with Crippen LogP contribution in [0.3, 0.4) is 0 Å². The lowest BCUT2D eigenvalue weighted by Gasteiger charge is -2.21. The number of amides is 1. The minimum Gasteiger partial charge on any atom is -0.480 e. The molecular formula is C29H31N3O3. The number of hydrogen-bond acceptors (Lipinski definition) is 3. The number of unbranched alkanes of at least 4 members (excludes halogenated alkanes) is 1. The van der Waals surface area contributed by atoms with Crippen LogP contribution in [0, 0.1) is 5.92 Å². The highest BCUT2D eigenvalue weighted by Crippen LogP contribution is 2.24. The van der Waals surface area contributed by atoms with Crippen LogP contribution in [-0.4, -0.2) is 33.0 Å². The number of fused-ring (bicyclic) bond motifs is 1. The van der Waals surface area contributed by atoms with E-state index in [-0.39, 0.29) is 18.2 Å². The molecule has 4 rings (SSSR count). The first-order valence-corrected chi connectivity index (χ1v) is 12.1. The quantitative estimate of drug-likeness (QED) is 0.256. The van der Waals surface area contributed by atoms with Crippen LogP contribution in [0.5, 0.6) is 0 Å². The Morgan fingerprint density at radius 2 is 1.69 bits per heavy atom. The van der Waals surface area contributed by atoms with Crippen molar-refractivity contribution in [1.82, 2.24) is 15.3 Å². The smallest absolute Gasteiger partial charge is 0.326 e. The first-order valence-electron chi connectivity index (χ1n) is 12.1. The minimum atomic E-state index is -1.05. The van der Waals surface area contributed by atoms with E-state index in [1.54, 1.807) is 6.20 Å². The summed E-state index contributed by atoms with van der Waals surface area (Å²) >= 11 is 0. The third-order valence-electron chi connectivity index (χ3n) is 6.42. The molecule has 0 fully saturated rings. The van der Waals surface area contributed by atoms with Crippen LogP contribution in [0.15, 0.2) is 85.3 Å². The summed E-state index contributed by atoms with van der Waals surface area (Å²) in [5.41, 5.74) is 3.06. The van der Waals surface area contributed by atoms with Crippen LogP contribution < -0.4 is 5.32 Å². The number of aliphatic carboxylic acids is 1. The van der Waals surface area contributed by atoms with E-state index in [2.05, 4.69) is 51.7 Å². The van der Waals surface area contributed by atoms with Gasteiger partial charge in [0.05, 0.1) is 6.33 Å². The van der Waals surface area contributed by atoms with Crippen molar-refractivity contribution >= 4 is 22.6 Å². The average Bonchev–Trinajstić information content (AvgIpc) is 3.39. The summed E-state index contributed by atoms with van der Waals surface area (Å²) in [5.74, 6) is -1.59. The van der Waals surface area contributed by atoms with Crippen molar-refractivity contribution < 1.29 is 14.7 Å². The molecule has 0 saturated carbocycles. The van der Waals surface area contributed by atoms with Gasteiger partial charge in [-0.15, -0.1) is 0 Å². The number of nitrogens with zero attached hydrogens (tertiary/aromatic N) is 1. The molecule has 1 amide bonds. The molecule has 3 N–H and O–H groups in total. The highest BCUT2D eigenvalue weighted by molar-refractivity contribution is 5.88. The van der Waals surface area contributed by atoms with Crippen molar-refractivity contribution in [3.63, 3.8) is 0 Å². The minimum absolute atomic E-state index is 0.163. The lowest BCUT2D eigenvalue weighted by molar-refractivity contribution is -0.142. The number of hydrogen-bond donors (Lipinski definition) is 3. The van der Waals surface area contributed by atoms with Crippen molar-refractivity contribution in [2.45, 2.75) is 44.6 Å². The number of aromatic nitrogens is 2. The summed E-state index contributed by atoms with van der Waals surface area (Å²) < 4.78 is 0. The topological polar surface area (TPSA) is 95.1 Å². The molecule has 0 radical (unpaired) electrons. The second kappa shape index (κ2) is 12.0. The Kier molecular flexibility index (Phi) is 8.28. The maximum absolute atomic E-state index is 13.4. The fraction of sp³-hybridized carbons (Fsp3) is 0.276. The predicted molar refractivity (Wildman–Crippen MR) is 137 cm³/mol.